The maximum Gasteiger partial charge on any atom is 0.0712 e. The van der Waals surface area contributed by atoms with Crippen LogP contribution in [-0.2, 0) is 6.54 Å². The molecule has 122 valence electrons. The number of pyridine rings is 1. The standard InChI is InChI=1S/C19H17N3.C2H6/c1-3-14-4-5-16-11-21-19(16)17(14)10-13(2)22-9-7-15-6-8-20-12-18(15)22;1-2/h3-10,12,21H,2,11H2,1H3;1-2H3/b14-3-,17-10+;. The van der Waals surface area contributed by atoms with Crippen LogP contribution >= 0.6 is 0 Å². The molecule has 3 aromatic rings. The van der Waals surface area contributed by atoms with E-state index >= 15 is 0 Å². The lowest BCUT2D eigenvalue weighted by molar-refractivity contribution is 1.04. The summed E-state index contributed by atoms with van der Waals surface area (Å²) in [6, 6.07) is 8.47. The molecule has 0 fully saturated rings. The second-order valence-corrected chi connectivity index (χ2v) is 5.50. The third-order valence-electron chi connectivity index (χ3n) is 4.25. The van der Waals surface area contributed by atoms with Crippen molar-refractivity contribution in [1.82, 2.24) is 9.55 Å². The Kier molecular flexibility index (Phi) is 4.52. The largest absolute Gasteiger partial charge is 0.380 e. The zero-order valence-electron chi connectivity index (χ0n) is 14.5. The van der Waals surface area contributed by atoms with Crippen molar-refractivity contribution in [1.29, 1.82) is 0 Å². The van der Waals surface area contributed by atoms with Crippen LogP contribution in [0.4, 0.5) is 5.69 Å². The van der Waals surface area contributed by atoms with Gasteiger partial charge in [0.05, 0.1) is 11.7 Å². The molecule has 1 aliphatic heterocycles. The van der Waals surface area contributed by atoms with Gasteiger partial charge in [-0.05, 0) is 35.9 Å². The second-order valence-electron chi connectivity index (χ2n) is 5.50. The zero-order valence-corrected chi connectivity index (χ0v) is 14.5. The minimum absolute atomic E-state index is 0.938. The molecule has 0 spiro atoms. The van der Waals surface area contributed by atoms with Gasteiger partial charge in [0.1, 0.15) is 0 Å². The fourth-order valence-electron chi connectivity index (χ4n) is 2.98. The highest BCUT2D eigenvalue weighted by Gasteiger charge is 2.13. The average molecular weight is 317 g/mol. The van der Waals surface area contributed by atoms with E-state index in [1.54, 1.807) is 0 Å². The average Bonchev–Trinajstić information content (AvgIpc) is 3.02. The summed E-state index contributed by atoms with van der Waals surface area (Å²) >= 11 is 0. The van der Waals surface area contributed by atoms with Gasteiger partial charge in [-0.1, -0.05) is 38.6 Å². The van der Waals surface area contributed by atoms with Crippen molar-refractivity contribution in [3.05, 3.63) is 65.4 Å². The minimum atomic E-state index is 0.938. The molecule has 3 nitrogen and oxygen atoms in total. The summed E-state index contributed by atoms with van der Waals surface area (Å²) in [6.45, 7) is 11.3. The molecule has 0 bridgehead atoms. The summed E-state index contributed by atoms with van der Waals surface area (Å²) in [7, 11) is 0. The number of rotatable bonds is 2. The smallest absolute Gasteiger partial charge is 0.0712 e. The summed E-state index contributed by atoms with van der Waals surface area (Å²) in [6.07, 6.45) is 10.0. The maximum absolute atomic E-state index is 4.25. The van der Waals surface area contributed by atoms with Gasteiger partial charge in [0, 0.05) is 40.9 Å². The van der Waals surface area contributed by atoms with Gasteiger partial charge in [-0.25, -0.2) is 0 Å². The zero-order chi connectivity index (χ0) is 17.1. The number of fused-ring (bicyclic) bond motifs is 2. The van der Waals surface area contributed by atoms with E-state index in [2.05, 4.69) is 58.7 Å². The molecular formula is C21H23N3. The molecule has 0 saturated heterocycles. The van der Waals surface area contributed by atoms with Gasteiger partial charge in [-0.15, -0.1) is 0 Å². The van der Waals surface area contributed by atoms with Crippen molar-refractivity contribution in [2.24, 2.45) is 0 Å². The highest BCUT2D eigenvalue weighted by atomic mass is 15.0. The Labute approximate surface area is 142 Å². The number of hydrogen-bond donors (Lipinski definition) is 1. The van der Waals surface area contributed by atoms with Crippen LogP contribution in [0.3, 0.4) is 0 Å². The quantitative estimate of drug-likeness (QED) is 0.780. The van der Waals surface area contributed by atoms with Gasteiger partial charge < -0.3 is 9.88 Å². The van der Waals surface area contributed by atoms with Crippen molar-refractivity contribution in [2.75, 3.05) is 5.32 Å². The lowest BCUT2D eigenvalue weighted by Gasteiger charge is -2.22. The van der Waals surface area contributed by atoms with E-state index in [-0.39, 0.29) is 0 Å². The predicted octanol–water partition coefficient (Wildman–Crippen LogP) is 3.74. The predicted molar refractivity (Wildman–Crippen MR) is 104 cm³/mol. The number of benzene rings is 1. The van der Waals surface area contributed by atoms with Gasteiger partial charge in [-0.3, -0.25) is 4.98 Å². The molecule has 1 N–H and O–H groups in total. The summed E-state index contributed by atoms with van der Waals surface area (Å²) in [4.78, 5) is 4.22. The van der Waals surface area contributed by atoms with Crippen molar-refractivity contribution in [3.8, 4) is 0 Å². The van der Waals surface area contributed by atoms with Gasteiger partial charge in [0.25, 0.3) is 0 Å². The van der Waals surface area contributed by atoms with E-state index in [0.717, 1.165) is 17.8 Å². The highest BCUT2D eigenvalue weighted by Crippen LogP contribution is 2.21. The Balaban J connectivity index is 0.000000815. The molecule has 0 radical (unpaired) electrons. The van der Waals surface area contributed by atoms with Crippen molar-refractivity contribution in [3.63, 3.8) is 0 Å². The summed E-state index contributed by atoms with van der Waals surface area (Å²) in [5, 5.41) is 7.01. The van der Waals surface area contributed by atoms with E-state index in [0.29, 0.717) is 0 Å². The Bertz CT molecular complexity index is 1010. The van der Waals surface area contributed by atoms with Crippen molar-refractivity contribution >= 4 is 34.4 Å². The molecule has 0 amide bonds. The third kappa shape index (κ3) is 2.62. The lowest BCUT2D eigenvalue weighted by Crippen LogP contribution is -2.34. The summed E-state index contributed by atoms with van der Waals surface area (Å²) in [5.41, 5.74) is 4.61. The van der Waals surface area contributed by atoms with Crippen LogP contribution in [0.2, 0.25) is 0 Å². The van der Waals surface area contributed by atoms with E-state index in [4.69, 9.17) is 0 Å². The van der Waals surface area contributed by atoms with Crippen molar-refractivity contribution in [2.45, 2.75) is 27.3 Å². The molecular weight excluding hydrogens is 294 g/mol. The molecule has 1 aliphatic rings. The number of nitrogens with zero attached hydrogens (tertiary/aromatic N) is 2. The van der Waals surface area contributed by atoms with Gasteiger partial charge in [0.15, 0.2) is 0 Å². The van der Waals surface area contributed by atoms with E-state index in [1.807, 2.05) is 38.5 Å². The number of allylic oxidation sites excluding steroid dienone is 1. The first kappa shape index (κ1) is 16.1. The molecule has 2 aromatic heterocycles. The number of aromatic nitrogens is 2. The number of anilines is 1. The van der Waals surface area contributed by atoms with Gasteiger partial charge >= 0.3 is 0 Å². The Hall–Kier alpha value is -2.81. The molecule has 4 rings (SSSR count). The molecule has 1 aromatic carbocycles. The van der Waals surface area contributed by atoms with Crippen LogP contribution < -0.4 is 15.8 Å². The maximum atomic E-state index is 4.25. The molecule has 0 atom stereocenters. The lowest BCUT2D eigenvalue weighted by atomic mass is 10.0. The molecule has 0 aliphatic carbocycles. The van der Waals surface area contributed by atoms with Crippen LogP contribution in [-0.4, -0.2) is 9.55 Å². The van der Waals surface area contributed by atoms with Gasteiger partial charge in [-0.2, -0.15) is 0 Å². The van der Waals surface area contributed by atoms with Crippen LogP contribution in [0.5, 0.6) is 0 Å². The van der Waals surface area contributed by atoms with Crippen LogP contribution in [0, 0.1) is 0 Å². The highest BCUT2D eigenvalue weighted by molar-refractivity contribution is 5.88. The van der Waals surface area contributed by atoms with Crippen molar-refractivity contribution < 1.29 is 0 Å². The first-order valence-corrected chi connectivity index (χ1v) is 8.42. The third-order valence-corrected chi connectivity index (χ3v) is 4.25. The minimum Gasteiger partial charge on any atom is -0.380 e. The van der Waals surface area contributed by atoms with Crippen LogP contribution in [0.15, 0.2) is 49.4 Å². The number of nitrogens with one attached hydrogen (secondary N) is 1. The van der Waals surface area contributed by atoms with E-state index < -0.39 is 0 Å². The van der Waals surface area contributed by atoms with E-state index in [9.17, 15) is 0 Å². The monoisotopic (exact) mass is 317 g/mol. The second kappa shape index (κ2) is 6.75. The topological polar surface area (TPSA) is 29.9 Å². The molecule has 24 heavy (non-hydrogen) atoms. The fraction of sp³-hybridized carbons (Fsp3) is 0.190. The SMILES string of the molecule is C=C(/C=c1/c2c(cc/c1=C/C)CN2)n1ccc2ccncc21.CC. The molecule has 0 saturated carbocycles. The van der Waals surface area contributed by atoms with Gasteiger partial charge in [0.2, 0.25) is 0 Å². The molecule has 0 unspecified atom stereocenters. The molecule has 3 heteroatoms. The Morgan fingerprint density at radius 2 is 2.08 bits per heavy atom. The van der Waals surface area contributed by atoms with E-state index in [1.165, 1.54) is 27.1 Å². The fourth-order valence-corrected chi connectivity index (χ4v) is 2.98. The number of hydrogen-bond acceptors (Lipinski definition) is 2. The Morgan fingerprint density at radius 3 is 2.79 bits per heavy atom. The summed E-state index contributed by atoms with van der Waals surface area (Å²) in [5.74, 6) is 0. The van der Waals surface area contributed by atoms with Crippen LogP contribution in [0.25, 0.3) is 28.8 Å². The van der Waals surface area contributed by atoms with Crippen LogP contribution in [0.1, 0.15) is 26.3 Å². The normalized spacial score (nSPS) is 13.6. The summed E-state index contributed by atoms with van der Waals surface area (Å²) < 4.78 is 2.08. The first-order valence-electron chi connectivity index (χ1n) is 8.42. The Morgan fingerprint density at radius 1 is 1.25 bits per heavy atom. The molecule has 3 heterocycles. The first-order chi connectivity index (χ1) is 11.8.